The fourth-order valence-corrected chi connectivity index (χ4v) is 5.36. The van der Waals surface area contributed by atoms with Gasteiger partial charge in [0.2, 0.25) is 5.91 Å². The van der Waals surface area contributed by atoms with Crippen LogP contribution in [0, 0.1) is 5.92 Å². The third kappa shape index (κ3) is 15.7. The molecule has 3 atom stereocenters. The Kier molecular flexibility index (Phi) is 17.8. The second-order valence-corrected chi connectivity index (χ2v) is 15.1. The topological polar surface area (TPSA) is 168 Å². The number of methoxy groups -OCH3 is 1. The van der Waals surface area contributed by atoms with Crippen LogP contribution in [-0.4, -0.2) is 80.5 Å². The van der Waals surface area contributed by atoms with Crippen molar-refractivity contribution >= 4 is 29.8 Å². The van der Waals surface area contributed by atoms with Gasteiger partial charge in [0.1, 0.15) is 35.9 Å². The predicted molar refractivity (Wildman–Crippen MR) is 207 cm³/mol. The molecule has 3 N–H and O–H groups in total. The Bertz CT molecular complexity index is 1580. The van der Waals surface area contributed by atoms with Gasteiger partial charge in [-0.1, -0.05) is 32.9 Å². The molecule has 0 aromatic heterocycles. The molecule has 13 heteroatoms. The summed E-state index contributed by atoms with van der Waals surface area (Å²) in [4.78, 5) is 63.0. The van der Waals surface area contributed by atoms with E-state index in [2.05, 4.69) is 16.0 Å². The number of alkyl carbamates (subject to hydrolysis) is 2. The number of Topliss-reactive ketones (excluding diaryl/α,β-unsaturated/α-hetero) is 1. The molecule has 0 fully saturated rings. The van der Waals surface area contributed by atoms with E-state index in [9.17, 15) is 24.0 Å². The van der Waals surface area contributed by atoms with Crippen molar-refractivity contribution in [1.29, 1.82) is 0 Å². The third-order valence-electron chi connectivity index (χ3n) is 8.25. The molecule has 54 heavy (non-hydrogen) atoms. The summed E-state index contributed by atoms with van der Waals surface area (Å²) >= 11 is 0. The van der Waals surface area contributed by atoms with Gasteiger partial charge in [0.25, 0.3) is 0 Å². The number of ether oxygens (including phenoxy) is 5. The van der Waals surface area contributed by atoms with Gasteiger partial charge in [0.15, 0.2) is 5.78 Å². The Hall–Kier alpha value is -4.81. The maximum atomic E-state index is 13.7. The average Bonchev–Trinajstić information content (AvgIpc) is 3.09. The molecule has 2 aromatic carbocycles. The highest BCUT2D eigenvalue weighted by atomic mass is 16.6. The lowest BCUT2D eigenvalue weighted by Gasteiger charge is -2.23. The van der Waals surface area contributed by atoms with E-state index in [1.165, 1.54) is 7.11 Å². The third-order valence-corrected chi connectivity index (χ3v) is 8.25. The summed E-state index contributed by atoms with van der Waals surface area (Å²) in [5.74, 6) is -0.534. The SMILES string of the molecule is CCC(C)C(=O)C(C)NC(=O)C(CC)c1ccc(OCCNC(=O)OC(C)(C)C)c(-c2cc(CCC(=O)OC)ccc2OCCNC(=O)OC(C)(C)C)c1. The Morgan fingerprint density at radius 3 is 1.72 bits per heavy atom. The van der Waals surface area contributed by atoms with Crippen LogP contribution >= 0.6 is 0 Å². The first-order chi connectivity index (χ1) is 25.3. The molecule has 2 rings (SSSR count). The standard InChI is InChI=1S/C41H61N3O10/c1-12-26(3)36(46)27(4)44-37(47)30(13-2)29-16-18-34(52-23-21-43-39(49)54-41(8,9)10)32(25-29)31-24-28(15-19-35(45)50-11)14-17-33(31)51-22-20-42-38(48)53-40(5,6)7/h14,16-18,24-27,30H,12-13,15,19-23H2,1-11H3,(H,42,48)(H,43,49)(H,44,47). The molecule has 0 spiro atoms. The van der Waals surface area contributed by atoms with Gasteiger partial charge in [-0.25, -0.2) is 9.59 Å². The fourth-order valence-electron chi connectivity index (χ4n) is 5.36. The molecule has 13 nitrogen and oxygen atoms in total. The van der Waals surface area contributed by atoms with Gasteiger partial charge in [0.05, 0.1) is 32.2 Å². The number of ketones is 1. The number of carbonyl (C=O) groups is 5. The minimum atomic E-state index is -0.660. The van der Waals surface area contributed by atoms with E-state index in [1.54, 1.807) is 66.7 Å². The van der Waals surface area contributed by atoms with Gasteiger partial charge in [0, 0.05) is 23.5 Å². The molecule has 300 valence electrons. The summed E-state index contributed by atoms with van der Waals surface area (Å²) in [7, 11) is 1.34. The van der Waals surface area contributed by atoms with Crippen molar-refractivity contribution in [2.45, 2.75) is 118 Å². The molecule has 0 saturated carbocycles. The Morgan fingerprint density at radius 1 is 0.722 bits per heavy atom. The molecule has 0 aliphatic rings. The van der Waals surface area contributed by atoms with Gasteiger partial charge in [-0.15, -0.1) is 0 Å². The van der Waals surface area contributed by atoms with E-state index in [4.69, 9.17) is 23.7 Å². The minimum Gasteiger partial charge on any atom is -0.491 e. The first kappa shape index (κ1) is 45.3. The number of carbonyl (C=O) groups excluding carboxylic acids is 5. The number of nitrogens with one attached hydrogen (secondary N) is 3. The van der Waals surface area contributed by atoms with Gasteiger partial charge in [-0.2, -0.15) is 0 Å². The summed E-state index contributed by atoms with van der Waals surface area (Å²) in [5.41, 5.74) is 1.39. The zero-order chi connectivity index (χ0) is 40.6. The molecule has 0 saturated heterocycles. The highest BCUT2D eigenvalue weighted by Crippen LogP contribution is 2.40. The molecule has 3 amide bonds. The Balaban J connectivity index is 2.56. The largest absolute Gasteiger partial charge is 0.491 e. The van der Waals surface area contributed by atoms with Crippen molar-refractivity contribution in [2.75, 3.05) is 33.4 Å². The lowest BCUT2D eigenvalue weighted by atomic mass is 9.90. The summed E-state index contributed by atoms with van der Waals surface area (Å²) in [6.07, 6.45) is 0.521. The van der Waals surface area contributed by atoms with Crippen molar-refractivity contribution in [3.8, 4) is 22.6 Å². The quantitative estimate of drug-likeness (QED) is 0.0781. The van der Waals surface area contributed by atoms with Gasteiger partial charge in [-0.05, 0) is 103 Å². The van der Waals surface area contributed by atoms with E-state index in [0.717, 1.165) is 5.56 Å². The molecule has 2 aromatic rings. The lowest BCUT2D eigenvalue weighted by Crippen LogP contribution is -2.43. The average molecular weight is 756 g/mol. The molecule has 0 aliphatic heterocycles. The fraction of sp³-hybridized carbons (Fsp3) is 0.585. The van der Waals surface area contributed by atoms with Crippen LogP contribution in [0.15, 0.2) is 36.4 Å². The summed E-state index contributed by atoms with van der Waals surface area (Å²) in [6, 6.07) is 10.3. The number of hydrogen-bond acceptors (Lipinski definition) is 10. The second kappa shape index (κ2) is 21.2. The molecule has 0 radical (unpaired) electrons. The van der Waals surface area contributed by atoms with Crippen LogP contribution in [0.25, 0.3) is 11.1 Å². The molecular formula is C41H61N3O10. The van der Waals surface area contributed by atoms with Crippen LogP contribution in [0.4, 0.5) is 9.59 Å². The number of rotatable bonds is 19. The zero-order valence-electron chi connectivity index (χ0n) is 33.9. The normalized spacial score (nSPS) is 13.1. The van der Waals surface area contributed by atoms with E-state index < -0.39 is 35.3 Å². The molecule has 0 heterocycles. The van der Waals surface area contributed by atoms with Gasteiger partial charge >= 0.3 is 18.2 Å². The first-order valence-electron chi connectivity index (χ1n) is 18.7. The number of aryl methyl sites for hydroxylation is 1. The van der Waals surface area contributed by atoms with Crippen molar-refractivity contribution in [1.82, 2.24) is 16.0 Å². The smallest absolute Gasteiger partial charge is 0.407 e. The van der Waals surface area contributed by atoms with Crippen molar-refractivity contribution in [2.24, 2.45) is 5.92 Å². The maximum Gasteiger partial charge on any atom is 0.407 e. The minimum absolute atomic E-state index is 0.0307. The molecule has 0 aliphatic carbocycles. The first-order valence-corrected chi connectivity index (χ1v) is 18.7. The highest BCUT2D eigenvalue weighted by molar-refractivity contribution is 5.92. The lowest BCUT2D eigenvalue weighted by molar-refractivity contribution is -0.140. The number of amides is 3. The second-order valence-electron chi connectivity index (χ2n) is 15.1. The summed E-state index contributed by atoms with van der Waals surface area (Å²) < 4.78 is 28.0. The van der Waals surface area contributed by atoms with Gasteiger partial charge < -0.3 is 39.6 Å². The van der Waals surface area contributed by atoms with Gasteiger partial charge in [-0.3, -0.25) is 14.4 Å². The number of hydrogen-bond donors (Lipinski definition) is 3. The monoisotopic (exact) mass is 755 g/mol. The van der Waals surface area contributed by atoms with Crippen LogP contribution < -0.4 is 25.4 Å². The van der Waals surface area contributed by atoms with Crippen molar-refractivity contribution in [3.05, 3.63) is 47.5 Å². The van der Waals surface area contributed by atoms with Crippen LogP contribution in [0.1, 0.15) is 106 Å². The van der Waals surface area contributed by atoms with Crippen molar-refractivity contribution < 1.29 is 47.7 Å². The Labute approximate surface area is 320 Å². The molecule has 0 bridgehead atoms. The van der Waals surface area contributed by atoms with Crippen molar-refractivity contribution in [3.63, 3.8) is 0 Å². The van der Waals surface area contributed by atoms with E-state index in [0.29, 0.717) is 47.5 Å². The number of esters is 1. The van der Waals surface area contributed by atoms with Crippen LogP contribution in [0.2, 0.25) is 0 Å². The van der Waals surface area contributed by atoms with E-state index >= 15 is 0 Å². The van der Waals surface area contributed by atoms with E-state index in [-0.39, 0.29) is 56.3 Å². The molecular weight excluding hydrogens is 694 g/mol. The van der Waals surface area contributed by atoms with E-state index in [1.807, 2.05) is 39.0 Å². The number of benzene rings is 2. The zero-order valence-corrected chi connectivity index (χ0v) is 33.9. The van der Waals surface area contributed by atoms with Crippen LogP contribution in [0.3, 0.4) is 0 Å². The van der Waals surface area contributed by atoms with Crippen LogP contribution in [-0.2, 0) is 35.0 Å². The Morgan fingerprint density at radius 2 is 1.24 bits per heavy atom. The predicted octanol–water partition coefficient (Wildman–Crippen LogP) is 6.88. The molecule has 3 unspecified atom stereocenters. The highest BCUT2D eigenvalue weighted by Gasteiger charge is 2.27. The summed E-state index contributed by atoms with van der Waals surface area (Å²) in [5, 5.41) is 8.30. The summed E-state index contributed by atoms with van der Waals surface area (Å²) in [6.45, 7) is 18.5. The maximum absolute atomic E-state index is 13.7. The van der Waals surface area contributed by atoms with Crippen LogP contribution in [0.5, 0.6) is 11.5 Å².